The van der Waals surface area contributed by atoms with E-state index >= 15 is 0 Å². The number of alkyl halides is 3. The molecule has 0 aliphatic heterocycles. The maximum Gasteiger partial charge on any atom is 0.416 e. The second kappa shape index (κ2) is 5.38. The van der Waals surface area contributed by atoms with Gasteiger partial charge in [0.25, 0.3) is 0 Å². The molecule has 0 radical (unpaired) electrons. The first-order chi connectivity index (χ1) is 10.0. The number of nitrogens with two attached hydrogens (primary N) is 1. The summed E-state index contributed by atoms with van der Waals surface area (Å²) in [6.45, 7) is 0. The van der Waals surface area contributed by atoms with Crippen LogP contribution in [0.25, 0.3) is 9.40 Å². The SMILES string of the molecule is NNC(c1cc2sccc2s1)c1cnccc1C(F)(F)F. The minimum Gasteiger partial charge on any atom is -0.271 e. The highest BCUT2D eigenvalue weighted by Gasteiger charge is 2.35. The van der Waals surface area contributed by atoms with E-state index in [0.717, 1.165) is 26.5 Å². The van der Waals surface area contributed by atoms with Crippen LogP contribution >= 0.6 is 22.7 Å². The van der Waals surface area contributed by atoms with E-state index in [0.29, 0.717) is 0 Å². The molecule has 0 bridgehead atoms. The molecule has 3 nitrogen and oxygen atoms in total. The molecule has 0 spiro atoms. The molecule has 0 fully saturated rings. The fourth-order valence-corrected chi connectivity index (χ4v) is 4.35. The first kappa shape index (κ1) is 14.5. The maximum atomic E-state index is 13.1. The van der Waals surface area contributed by atoms with E-state index < -0.39 is 17.8 Å². The molecule has 3 rings (SSSR count). The largest absolute Gasteiger partial charge is 0.416 e. The standard InChI is InChI=1S/C13H10F3N3S2/c14-13(15,16)8-1-3-18-6-7(8)12(19-17)11-5-10-9(21-11)2-4-20-10/h1-6,12,19H,17H2. The van der Waals surface area contributed by atoms with Crippen LogP contribution in [0, 0.1) is 0 Å². The summed E-state index contributed by atoms with van der Waals surface area (Å²) < 4.78 is 41.4. The highest BCUT2D eigenvalue weighted by molar-refractivity contribution is 7.27. The van der Waals surface area contributed by atoms with Gasteiger partial charge in [0.15, 0.2) is 0 Å². The van der Waals surface area contributed by atoms with Crippen molar-refractivity contribution in [2.45, 2.75) is 12.2 Å². The van der Waals surface area contributed by atoms with Gasteiger partial charge >= 0.3 is 6.18 Å². The van der Waals surface area contributed by atoms with E-state index in [1.807, 2.05) is 17.5 Å². The molecule has 3 aromatic heterocycles. The quantitative estimate of drug-likeness (QED) is 0.565. The van der Waals surface area contributed by atoms with Crippen molar-refractivity contribution in [3.05, 3.63) is 52.0 Å². The third-order valence-corrected chi connectivity index (χ3v) is 5.24. The smallest absolute Gasteiger partial charge is 0.271 e. The van der Waals surface area contributed by atoms with Crippen LogP contribution < -0.4 is 11.3 Å². The molecule has 3 N–H and O–H groups in total. The molecule has 1 atom stereocenters. The minimum absolute atomic E-state index is 0.0291. The molecular weight excluding hydrogens is 319 g/mol. The predicted molar refractivity (Wildman–Crippen MR) is 78.1 cm³/mol. The average molecular weight is 329 g/mol. The van der Waals surface area contributed by atoms with Crippen LogP contribution in [0.1, 0.15) is 22.0 Å². The number of rotatable bonds is 3. The van der Waals surface area contributed by atoms with Gasteiger partial charge < -0.3 is 0 Å². The number of hydrogen-bond acceptors (Lipinski definition) is 5. The van der Waals surface area contributed by atoms with E-state index in [1.165, 1.54) is 17.5 Å². The van der Waals surface area contributed by atoms with Gasteiger partial charge in [-0.1, -0.05) is 0 Å². The highest BCUT2D eigenvalue weighted by Crippen LogP contribution is 2.39. The van der Waals surface area contributed by atoms with Crippen LogP contribution in [0.5, 0.6) is 0 Å². The molecule has 0 saturated carbocycles. The predicted octanol–water partition coefficient (Wildman–Crippen LogP) is 3.93. The molecular formula is C13H10F3N3S2. The Morgan fingerprint density at radius 2 is 2.05 bits per heavy atom. The Labute approximate surface area is 126 Å². The van der Waals surface area contributed by atoms with Crippen molar-refractivity contribution in [2.24, 2.45) is 5.84 Å². The summed E-state index contributed by atoms with van der Waals surface area (Å²) in [7, 11) is 0. The first-order valence-electron chi connectivity index (χ1n) is 5.95. The zero-order valence-corrected chi connectivity index (χ0v) is 12.1. The summed E-state index contributed by atoms with van der Waals surface area (Å²) in [5.41, 5.74) is 1.78. The van der Waals surface area contributed by atoms with Gasteiger partial charge in [-0.3, -0.25) is 10.8 Å². The van der Waals surface area contributed by atoms with Crippen LogP contribution in [0.15, 0.2) is 36.0 Å². The summed E-state index contributed by atoms with van der Waals surface area (Å²) >= 11 is 2.97. The molecule has 21 heavy (non-hydrogen) atoms. The lowest BCUT2D eigenvalue weighted by atomic mass is 10.0. The van der Waals surface area contributed by atoms with Crippen LogP contribution in [0.2, 0.25) is 0 Å². The summed E-state index contributed by atoms with van der Waals surface area (Å²) in [6.07, 6.45) is -2.10. The third-order valence-electron chi connectivity index (χ3n) is 3.08. The Morgan fingerprint density at radius 3 is 2.71 bits per heavy atom. The number of pyridine rings is 1. The van der Waals surface area contributed by atoms with Crippen molar-refractivity contribution in [2.75, 3.05) is 0 Å². The summed E-state index contributed by atoms with van der Waals surface area (Å²) in [6, 6.07) is 4.04. The van der Waals surface area contributed by atoms with Crippen molar-refractivity contribution in [3.63, 3.8) is 0 Å². The number of hydrazine groups is 1. The number of nitrogens with zero attached hydrogens (tertiary/aromatic N) is 1. The Bertz CT molecular complexity index is 735. The van der Waals surface area contributed by atoms with Gasteiger partial charge in [-0.25, -0.2) is 5.43 Å². The normalized spacial score (nSPS) is 13.7. The lowest BCUT2D eigenvalue weighted by molar-refractivity contribution is -0.138. The Morgan fingerprint density at radius 1 is 1.24 bits per heavy atom. The summed E-state index contributed by atoms with van der Waals surface area (Å²) in [5, 5.41) is 1.95. The van der Waals surface area contributed by atoms with Crippen molar-refractivity contribution in [1.82, 2.24) is 10.4 Å². The fraction of sp³-hybridized carbons (Fsp3) is 0.154. The first-order valence-corrected chi connectivity index (χ1v) is 7.64. The number of nitrogens with one attached hydrogen (secondary N) is 1. The molecule has 0 aliphatic rings. The van der Waals surface area contributed by atoms with E-state index in [-0.39, 0.29) is 5.56 Å². The zero-order chi connectivity index (χ0) is 15.0. The van der Waals surface area contributed by atoms with Crippen molar-refractivity contribution in [1.29, 1.82) is 0 Å². The van der Waals surface area contributed by atoms with Gasteiger partial charge in [-0.2, -0.15) is 13.2 Å². The lowest BCUT2D eigenvalue weighted by Crippen LogP contribution is -2.30. The number of hydrogen-bond donors (Lipinski definition) is 2. The molecule has 0 amide bonds. The van der Waals surface area contributed by atoms with E-state index in [1.54, 1.807) is 11.3 Å². The van der Waals surface area contributed by atoms with Crippen LogP contribution in [0.4, 0.5) is 13.2 Å². The number of aromatic nitrogens is 1. The van der Waals surface area contributed by atoms with Crippen molar-refractivity contribution >= 4 is 32.1 Å². The van der Waals surface area contributed by atoms with Crippen molar-refractivity contribution < 1.29 is 13.2 Å². The molecule has 0 aliphatic carbocycles. The van der Waals surface area contributed by atoms with Gasteiger partial charge in [-0.15, -0.1) is 22.7 Å². The second-order valence-electron chi connectivity index (χ2n) is 4.36. The van der Waals surface area contributed by atoms with Gasteiger partial charge in [0.2, 0.25) is 0 Å². The molecule has 3 aromatic rings. The van der Waals surface area contributed by atoms with Gasteiger partial charge in [-0.05, 0) is 23.6 Å². The molecule has 0 saturated heterocycles. The van der Waals surface area contributed by atoms with Gasteiger partial charge in [0.05, 0.1) is 11.6 Å². The topological polar surface area (TPSA) is 50.9 Å². The van der Waals surface area contributed by atoms with Crippen LogP contribution in [-0.2, 0) is 6.18 Å². The van der Waals surface area contributed by atoms with E-state index in [9.17, 15) is 13.2 Å². The highest BCUT2D eigenvalue weighted by atomic mass is 32.1. The van der Waals surface area contributed by atoms with Gasteiger partial charge in [0, 0.05) is 32.2 Å². The number of fused-ring (bicyclic) bond motifs is 1. The number of halogens is 3. The Hall–Kier alpha value is -1.48. The third kappa shape index (κ3) is 2.67. The van der Waals surface area contributed by atoms with Crippen LogP contribution in [0.3, 0.4) is 0 Å². The number of thiophene rings is 2. The molecule has 1 unspecified atom stereocenters. The van der Waals surface area contributed by atoms with E-state index in [2.05, 4.69) is 10.4 Å². The average Bonchev–Trinajstić information content (AvgIpc) is 3.00. The summed E-state index contributed by atoms with van der Waals surface area (Å²) in [4.78, 5) is 4.54. The Kier molecular flexibility index (Phi) is 3.70. The molecule has 0 aromatic carbocycles. The monoisotopic (exact) mass is 329 g/mol. The zero-order valence-electron chi connectivity index (χ0n) is 10.5. The minimum atomic E-state index is -4.44. The van der Waals surface area contributed by atoms with E-state index in [4.69, 9.17) is 5.84 Å². The Balaban J connectivity index is 2.10. The maximum absolute atomic E-state index is 13.1. The molecule has 8 heteroatoms. The van der Waals surface area contributed by atoms with Crippen molar-refractivity contribution in [3.8, 4) is 0 Å². The molecule has 110 valence electrons. The second-order valence-corrected chi connectivity index (χ2v) is 6.42. The van der Waals surface area contributed by atoms with Crippen LogP contribution in [-0.4, -0.2) is 4.98 Å². The van der Waals surface area contributed by atoms with Gasteiger partial charge in [0.1, 0.15) is 0 Å². The lowest BCUT2D eigenvalue weighted by Gasteiger charge is -2.19. The summed E-state index contributed by atoms with van der Waals surface area (Å²) in [5.74, 6) is 5.50. The fourth-order valence-electron chi connectivity index (χ4n) is 2.15. The molecule has 3 heterocycles.